The van der Waals surface area contributed by atoms with Gasteiger partial charge in [0.1, 0.15) is 0 Å². The molecule has 0 radical (unpaired) electrons. The molecule has 1 rings (SSSR count). The molecule has 90 valence electrons. The Morgan fingerprint density at radius 2 is 1.94 bits per heavy atom. The van der Waals surface area contributed by atoms with E-state index in [1.807, 2.05) is 0 Å². The van der Waals surface area contributed by atoms with E-state index in [0.29, 0.717) is 5.30 Å². The summed E-state index contributed by atoms with van der Waals surface area (Å²) in [5.74, 6) is 0. The summed E-state index contributed by atoms with van der Waals surface area (Å²) in [6.07, 6.45) is 1.77. The topological polar surface area (TPSA) is 96.4 Å². The minimum Gasteiger partial charge on any atom is -0.379 e. The van der Waals surface area contributed by atoms with Gasteiger partial charge < -0.3 is 15.2 Å². The van der Waals surface area contributed by atoms with E-state index in [1.54, 1.807) is 36.6 Å². The van der Waals surface area contributed by atoms with Crippen LogP contribution in [0.3, 0.4) is 0 Å². The first kappa shape index (κ1) is 15.2. The molecule has 0 aliphatic heterocycles. The molecule has 0 heterocycles. The van der Waals surface area contributed by atoms with Crippen LogP contribution in [0.2, 0.25) is 0 Å². The zero-order valence-electron chi connectivity index (χ0n) is 9.08. The van der Waals surface area contributed by atoms with Crippen molar-refractivity contribution in [1.29, 1.82) is 5.41 Å². The molecule has 16 heavy (non-hydrogen) atoms. The first-order valence-electron chi connectivity index (χ1n) is 4.26. The van der Waals surface area contributed by atoms with Crippen LogP contribution in [0.5, 0.6) is 0 Å². The summed E-state index contributed by atoms with van der Waals surface area (Å²) in [5.41, 5.74) is 4.84. The maximum absolute atomic E-state index is 11.1. The number of nitrogens with two attached hydrogens (primary N) is 1. The minimum atomic E-state index is -3.53. The van der Waals surface area contributed by atoms with Crippen molar-refractivity contribution < 1.29 is 14.0 Å². The van der Waals surface area contributed by atoms with E-state index in [4.69, 9.17) is 16.0 Å². The Hall–Kier alpha value is -0.810. The standard InChI is InChI=1S/C7H9O3P.C2H6N2S/c1-10-11(8,9)7-5-3-2-4-6-7;1-5-2(3)4/h2-6H,1H3,(H,8,9);1H3,(H3,3,4). The molecule has 0 aliphatic rings. The van der Waals surface area contributed by atoms with Gasteiger partial charge in [-0.2, -0.15) is 0 Å². The maximum Gasteiger partial charge on any atom is 0.358 e. The highest BCUT2D eigenvalue weighted by Crippen LogP contribution is 2.38. The molecule has 0 amide bonds. The Balaban J connectivity index is 0.000000385. The number of rotatable bonds is 2. The smallest absolute Gasteiger partial charge is 0.358 e. The second kappa shape index (κ2) is 7.46. The van der Waals surface area contributed by atoms with Gasteiger partial charge >= 0.3 is 7.60 Å². The Labute approximate surface area is 99.1 Å². The second-order valence-electron chi connectivity index (χ2n) is 2.61. The quantitative estimate of drug-likeness (QED) is 0.425. The van der Waals surface area contributed by atoms with Gasteiger partial charge in [-0.1, -0.05) is 30.0 Å². The summed E-state index contributed by atoms with van der Waals surface area (Å²) in [6.45, 7) is 0. The van der Waals surface area contributed by atoms with Crippen LogP contribution < -0.4 is 11.0 Å². The lowest BCUT2D eigenvalue weighted by Crippen LogP contribution is -2.03. The van der Waals surface area contributed by atoms with E-state index in [2.05, 4.69) is 4.52 Å². The van der Waals surface area contributed by atoms with Crippen molar-refractivity contribution >= 4 is 29.8 Å². The van der Waals surface area contributed by atoms with Crippen LogP contribution in [-0.2, 0) is 9.09 Å². The Morgan fingerprint density at radius 3 is 2.25 bits per heavy atom. The van der Waals surface area contributed by atoms with Crippen molar-refractivity contribution in [2.45, 2.75) is 0 Å². The molecule has 0 bridgehead atoms. The number of hydrogen-bond acceptors (Lipinski definition) is 4. The highest BCUT2D eigenvalue weighted by molar-refractivity contribution is 8.13. The van der Waals surface area contributed by atoms with Gasteiger partial charge in [0.25, 0.3) is 0 Å². The van der Waals surface area contributed by atoms with E-state index in [0.717, 1.165) is 0 Å². The Morgan fingerprint density at radius 1 is 1.50 bits per heavy atom. The largest absolute Gasteiger partial charge is 0.379 e. The predicted octanol–water partition coefficient (Wildman–Crippen LogP) is 1.39. The molecular weight excluding hydrogens is 247 g/mol. The summed E-state index contributed by atoms with van der Waals surface area (Å²) in [4.78, 5) is 9.13. The fourth-order valence-electron chi connectivity index (χ4n) is 0.722. The maximum atomic E-state index is 11.1. The number of nitrogens with one attached hydrogen (secondary N) is 1. The molecule has 1 aromatic carbocycles. The van der Waals surface area contributed by atoms with Gasteiger partial charge in [0, 0.05) is 7.11 Å². The summed E-state index contributed by atoms with van der Waals surface area (Å²) in [5, 5.41) is 6.98. The number of benzene rings is 1. The normalized spacial score (nSPS) is 13.2. The molecule has 0 aliphatic carbocycles. The molecule has 5 nitrogen and oxygen atoms in total. The van der Waals surface area contributed by atoms with Gasteiger partial charge in [-0.3, -0.25) is 9.97 Å². The number of hydrogen-bond donors (Lipinski definition) is 3. The minimum absolute atomic E-state index is 0.171. The van der Waals surface area contributed by atoms with Crippen LogP contribution in [-0.4, -0.2) is 23.4 Å². The third-order valence-corrected chi connectivity index (χ3v) is 3.44. The zero-order chi connectivity index (χ0) is 12.6. The SMILES string of the molecule is COP(=O)(O)c1ccccc1.CSC(=N)N. The highest BCUT2D eigenvalue weighted by atomic mass is 32.2. The Bertz CT molecular complexity index is 372. The fourth-order valence-corrected chi connectivity index (χ4v) is 1.48. The van der Waals surface area contributed by atoms with Crippen molar-refractivity contribution in [3.05, 3.63) is 30.3 Å². The summed E-state index contributed by atoms with van der Waals surface area (Å²) < 4.78 is 15.6. The molecule has 0 spiro atoms. The fraction of sp³-hybridized carbons (Fsp3) is 0.222. The molecule has 0 saturated carbocycles. The van der Waals surface area contributed by atoms with Gasteiger partial charge in [-0.05, 0) is 18.4 Å². The van der Waals surface area contributed by atoms with Crippen molar-refractivity contribution in [2.75, 3.05) is 13.4 Å². The van der Waals surface area contributed by atoms with Crippen LogP contribution in [0.1, 0.15) is 0 Å². The molecule has 4 N–H and O–H groups in total. The van der Waals surface area contributed by atoms with E-state index in [1.165, 1.54) is 18.9 Å². The van der Waals surface area contributed by atoms with Gasteiger partial charge in [-0.15, -0.1) is 0 Å². The third-order valence-electron chi connectivity index (χ3n) is 1.55. The lowest BCUT2D eigenvalue weighted by molar-refractivity contribution is 0.328. The lowest BCUT2D eigenvalue weighted by Gasteiger charge is -2.07. The van der Waals surface area contributed by atoms with E-state index >= 15 is 0 Å². The third kappa shape index (κ3) is 5.92. The van der Waals surface area contributed by atoms with Crippen molar-refractivity contribution in [3.63, 3.8) is 0 Å². The van der Waals surface area contributed by atoms with Crippen molar-refractivity contribution in [3.8, 4) is 0 Å². The average Bonchev–Trinajstić information content (AvgIpc) is 2.31. The zero-order valence-corrected chi connectivity index (χ0v) is 10.8. The lowest BCUT2D eigenvalue weighted by atomic mass is 10.4. The highest BCUT2D eigenvalue weighted by Gasteiger charge is 2.18. The predicted molar refractivity (Wildman–Crippen MR) is 68.3 cm³/mol. The van der Waals surface area contributed by atoms with Crippen molar-refractivity contribution in [2.24, 2.45) is 5.73 Å². The van der Waals surface area contributed by atoms with E-state index in [-0.39, 0.29) is 5.17 Å². The molecule has 7 heteroatoms. The number of thioether (sulfide) groups is 1. The van der Waals surface area contributed by atoms with Crippen LogP contribution >= 0.6 is 19.4 Å². The molecular formula is C9H15N2O3PS. The summed E-state index contributed by atoms with van der Waals surface area (Å²) >= 11 is 1.24. The van der Waals surface area contributed by atoms with Gasteiger partial charge in [0.2, 0.25) is 0 Å². The summed E-state index contributed by atoms with van der Waals surface area (Å²) in [6, 6.07) is 8.28. The van der Waals surface area contributed by atoms with Crippen LogP contribution in [0, 0.1) is 5.41 Å². The molecule has 1 aromatic rings. The molecule has 1 unspecified atom stereocenters. The average molecular weight is 262 g/mol. The van der Waals surface area contributed by atoms with Crippen LogP contribution in [0.15, 0.2) is 30.3 Å². The first-order chi connectivity index (χ1) is 7.44. The molecule has 0 aromatic heterocycles. The van der Waals surface area contributed by atoms with Gasteiger partial charge in [0.15, 0.2) is 5.17 Å². The molecule has 0 saturated heterocycles. The second-order valence-corrected chi connectivity index (χ2v) is 5.38. The van der Waals surface area contributed by atoms with Crippen molar-refractivity contribution in [1.82, 2.24) is 0 Å². The van der Waals surface area contributed by atoms with Crippen LogP contribution in [0.4, 0.5) is 0 Å². The Kier molecular flexibility index (Phi) is 7.08. The number of amidine groups is 1. The molecule has 0 fully saturated rings. The first-order valence-corrected chi connectivity index (χ1v) is 7.06. The van der Waals surface area contributed by atoms with Crippen LogP contribution in [0.25, 0.3) is 0 Å². The van der Waals surface area contributed by atoms with Gasteiger partial charge in [0.05, 0.1) is 5.30 Å². The molecule has 1 atom stereocenters. The summed E-state index contributed by atoms with van der Waals surface area (Å²) in [7, 11) is -2.31. The van der Waals surface area contributed by atoms with E-state index in [9.17, 15) is 4.57 Å². The van der Waals surface area contributed by atoms with E-state index < -0.39 is 7.60 Å². The van der Waals surface area contributed by atoms with Gasteiger partial charge in [-0.25, -0.2) is 0 Å². The monoisotopic (exact) mass is 262 g/mol.